The Bertz CT molecular complexity index is 506. The van der Waals surface area contributed by atoms with Gasteiger partial charge in [-0.05, 0) is 24.3 Å². The van der Waals surface area contributed by atoms with Crippen LogP contribution in [0.15, 0.2) is 36.7 Å². The van der Waals surface area contributed by atoms with Gasteiger partial charge in [-0.3, -0.25) is 0 Å². The van der Waals surface area contributed by atoms with E-state index in [0.29, 0.717) is 17.9 Å². The lowest BCUT2D eigenvalue weighted by Crippen LogP contribution is -2.31. The normalized spacial score (nSPS) is 10.1. The van der Waals surface area contributed by atoms with Gasteiger partial charge < -0.3 is 20.9 Å². The van der Waals surface area contributed by atoms with E-state index in [9.17, 15) is 4.79 Å². The van der Waals surface area contributed by atoms with Crippen LogP contribution >= 0.6 is 0 Å². The Morgan fingerprint density at radius 2 is 2.17 bits per heavy atom. The number of rotatable bonds is 3. The fourth-order valence-electron chi connectivity index (χ4n) is 1.47. The van der Waals surface area contributed by atoms with E-state index in [-0.39, 0.29) is 6.03 Å². The maximum atomic E-state index is 11.9. The Balaban J connectivity index is 1.93. The predicted molar refractivity (Wildman–Crippen MR) is 69.9 cm³/mol. The molecule has 2 amide bonds. The molecule has 0 fully saturated rings. The number of benzene rings is 1. The quantitative estimate of drug-likeness (QED) is 0.718. The molecule has 2 rings (SSSR count). The first-order chi connectivity index (χ1) is 8.65. The molecule has 6 nitrogen and oxygen atoms in total. The van der Waals surface area contributed by atoms with Gasteiger partial charge in [-0.25, -0.2) is 9.78 Å². The van der Waals surface area contributed by atoms with Crippen LogP contribution in [-0.4, -0.2) is 27.9 Å². The molecule has 0 spiro atoms. The number of carbonyl (C=O) groups excluding carboxylic acids is 1. The number of imidazole rings is 1. The van der Waals surface area contributed by atoms with Crippen LogP contribution in [0.5, 0.6) is 0 Å². The average Bonchev–Trinajstić information content (AvgIpc) is 2.85. The molecule has 1 heterocycles. The summed E-state index contributed by atoms with van der Waals surface area (Å²) >= 11 is 0. The number of carbonyl (C=O) groups is 1. The number of H-pyrrole nitrogens is 1. The summed E-state index contributed by atoms with van der Waals surface area (Å²) < 4.78 is 0. The van der Waals surface area contributed by atoms with Crippen LogP contribution in [0.3, 0.4) is 0 Å². The first kappa shape index (κ1) is 12.0. The minimum atomic E-state index is -0.198. The smallest absolute Gasteiger partial charge is 0.321 e. The number of hydrogen-bond donors (Lipinski definition) is 3. The van der Waals surface area contributed by atoms with Gasteiger partial charge >= 0.3 is 6.03 Å². The average molecular weight is 245 g/mol. The van der Waals surface area contributed by atoms with Crippen LogP contribution in [0.2, 0.25) is 0 Å². The number of aromatic amines is 1. The third-order valence-electron chi connectivity index (χ3n) is 2.45. The van der Waals surface area contributed by atoms with Crippen molar-refractivity contribution in [3.63, 3.8) is 0 Å². The first-order valence-electron chi connectivity index (χ1n) is 5.51. The third-order valence-corrected chi connectivity index (χ3v) is 2.45. The summed E-state index contributed by atoms with van der Waals surface area (Å²) in [6, 6.07) is 6.79. The first-order valence-corrected chi connectivity index (χ1v) is 5.51. The summed E-state index contributed by atoms with van der Waals surface area (Å²) in [5.74, 6) is 0.741. The van der Waals surface area contributed by atoms with Gasteiger partial charge in [-0.15, -0.1) is 0 Å². The van der Waals surface area contributed by atoms with Crippen molar-refractivity contribution < 1.29 is 4.79 Å². The number of hydrogen-bond acceptors (Lipinski definition) is 3. The highest BCUT2D eigenvalue weighted by Crippen LogP contribution is 2.11. The zero-order valence-corrected chi connectivity index (χ0v) is 10.1. The van der Waals surface area contributed by atoms with Crippen molar-refractivity contribution in [2.75, 3.05) is 18.1 Å². The molecule has 6 heteroatoms. The summed E-state index contributed by atoms with van der Waals surface area (Å²) in [4.78, 5) is 20.4. The molecule has 0 aliphatic carbocycles. The molecule has 0 bridgehead atoms. The van der Waals surface area contributed by atoms with E-state index >= 15 is 0 Å². The van der Waals surface area contributed by atoms with Crippen LogP contribution in [0.25, 0.3) is 0 Å². The van der Waals surface area contributed by atoms with Crippen molar-refractivity contribution in [2.24, 2.45) is 0 Å². The zero-order valence-electron chi connectivity index (χ0n) is 10.1. The Labute approximate surface area is 105 Å². The lowest BCUT2D eigenvalue weighted by atomic mass is 10.3. The molecule has 0 saturated heterocycles. The highest BCUT2D eigenvalue weighted by molar-refractivity contribution is 5.89. The van der Waals surface area contributed by atoms with Gasteiger partial charge in [-0.1, -0.05) is 0 Å². The second-order valence-corrected chi connectivity index (χ2v) is 3.94. The monoisotopic (exact) mass is 245 g/mol. The molecule has 0 unspecified atom stereocenters. The molecule has 0 saturated carbocycles. The maximum Gasteiger partial charge on any atom is 0.321 e. The number of amides is 2. The highest BCUT2D eigenvalue weighted by Gasteiger charge is 2.10. The van der Waals surface area contributed by atoms with Crippen LogP contribution in [0.1, 0.15) is 5.82 Å². The van der Waals surface area contributed by atoms with Crippen molar-refractivity contribution in [3.05, 3.63) is 42.5 Å². The predicted octanol–water partition coefficient (Wildman–Crippen LogP) is 1.66. The standard InChI is InChI=1S/C12H15N5O/c1-17(8-11-14-6-7-15-11)12(18)16-10-4-2-9(13)3-5-10/h2-7H,8,13H2,1H3,(H,14,15)(H,16,18). The van der Waals surface area contributed by atoms with Crippen molar-refractivity contribution in [2.45, 2.75) is 6.54 Å². The molecule has 94 valence electrons. The van der Waals surface area contributed by atoms with E-state index in [1.54, 1.807) is 43.7 Å². The number of aromatic nitrogens is 2. The van der Waals surface area contributed by atoms with Crippen LogP contribution in [0.4, 0.5) is 16.2 Å². The van der Waals surface area contributed by atoms with Gasteiger partial charge in [0.25, 0.3) is 0 Å². The second kappa shape index (κ2) is 5.22. The largest absolute Gasteiger partial charge is 0.399 e. The Morgan fingerprint density at radius 1 is 1.44 bits per heavy atom. The minimum absolute atomic E-state index is 0.198. The van der Waals surface area contributed by atoms with Gasteiger partial charge in [0, 0.05) is 30.8 Å². The van der Waals surface area contributed by atoms with Crippen molar-refractivity contribution in [1.29, 1.82) is 0 Å². The lowest BCUT2D eigenvalue weighted by Gasteiger charge is -2.16. The van der Waals surface area contributed by atoms with Gasteiger partial charge in [-0.2, -0.15) is 0 Å². The molecule has 0 atom stereocenters. The molecule has 1 aromatic carbocycles. The SMILES string of the molecule is CN(Cc1ncc[nH]1)C(=O)Nc1ccc(N)cc1. The number of nitrogens with two attached hydrogens (primary N) is 1. The van der Waals surface area contributed by atoms with E-state index in [4.69, 9.17) is 5.73 Å². The van der Waals surface area contributed by atoms with Crippen molar-refractivity contribution in [1.82, 2.24) is 14.9 Å². The number of anilines is 2. The van der Waals surface area contributed by atoms with E-state index < -0.39 is 0 Å². The van der Waals surface area contributed by atoms with Gasteiger partial charge in [0.15, 0.2) is 0 Å². The molecule has 0 aliphatic rings. The van der Waals surface area contributed by atoms with E-state index in [0.717, 1.165) is 5.82 Å². The molecular formula is C12H15N5O. The molecule has 4 N–H and O–H groups in total. The van der Waals surface area contributed by atoms with Crippen LogP contribution < -0.4 is 11.1 Å². The Kier molecular flexibility index (Phi) is 3.47. The summed E-state index contributed by atoms with van der Waals surface area (Å²) in [5.41, 5.74) is 6.94. The van der Waals surface area contributed by atoms with Gasteiger partial charge in [0.05, 0.1) is 6.54 Å². The fourth-order valence-corrected chi connectivity index (χ4v) is 1.47. The fraction of sp³-hybridized carbons (Fsp3) is 0.167. The third kappa shape index (κ3) is 3.00. The summed E-state index contributed by atoms with van der Waals surface area (Å²) in [7, 11) is 1.70. The number of urea groups is 1. The minimum Gasteiger partial charge on any atom is -0.399 e. The molecular weight excluding hydrogens is 230 g/mol. The second-order valence-electron chi connectivity index (χ2n) is 3.94. The lowest BCUT2D eigenvalue weighted by molar-refractivity contribution is 0.219. The summed E-state index contributed by atoms with van der Waals surface area (Å²) in [5, 5.41) is 2.77. The van der Waals surface area contributed by atoms with Crippen LogP contribution in [0, 0.1) is 0 Å². The molecule has 0 radical (unpaired) electrons. The van der Waals surface area contributed by atoms with E-state index in [2.05, 4.69) is 15.3 Å². The van der Waals surface area contributed by atoms with Crippen LogP contribution in [-0.2, 0) is 6.54 Å². The molecule has 18 heavy (non-hydrogen) atoms. The summed E-state index contributed by atoms with van der Waals surface area (Å²) in [6.07, 6.45) is 3.38. The molecule has 0 aliphatic heterocycles. The van der Waals surface area contributed by atoms with Crippen molar-refractivity contribution >= 4 is 17.4 Å². The number of nitrogens with zero attached hydrogens (tertiary/aromatic N) is 2. The van der Waals surface area contributed by atoms with Gasteiger partial charge in [0.2, 0.25) is 0 Å². The zero-order chi connectivity index (χ0) is 13.0. The Hall–Kier alpha value is -2.50. The van der Waals surface area contributed by atoms with E-state index in [1.807, 2.05) is 0 Å². The molecule has 2 aromatic rings. The topological polar surface area (TPSA) is 87.0 Å². The number of nitrogens with one attached hydrogen (secondary N) is 2. The Morgan fingerprint density at radius 3 is 2.78 bits per heavy atom. The number of nitrogen functional groups attached to an aromatic ring is 1. The molecule has 1 aromatic heterocycles. The highest BCUT2D eigenvalue weighted by atomic mass is 16.2. The maximum absolute atomic E-state index is 11.9. The van der Waals surface area contributed by atoms with E-state index in [1.165, 1.54) is 4.90 Å². The summed E-state index contributed by atoms with van der Waals surface area (Å²) in [6.45, 7) is 0.424. The van der Waals surface area contributed by atoms with Gasteiger partial charge in [0.1, 0.15) is 5.82 Å². The van der Waals surface area contributed by atoms with Crippen molar-refractivity contribution in [3.8, 4) is 0 Å².